The summed E-state index contributed by atoms with van der Waals surface area (Å²) < 4.78 is 51.1. The highest BCUT2D eigenvalue weighted by molar-refractivity contribution is 14.0. The monoisotopic (exact) mass is 543 g/mol. The number of aromatic nitrogens is 1. The number of nitrogens with one attached hydrogen (secondary N) is 1. The zero-order valence-corrected chi connectivity index (χ0v) is 18.9. The van der Waals surface area contributed by atoms with Crippen LogP contribution in [0.5, 0.6) is 0 Å². The van der Waals surface area contributed by atoms with Gasteiger partial charge in [0.05, 0.1) is 6.54 Å². The third-order valence-corrected chi connectivity index (χ3v) is 5.15. The highest BCUT2D eigenvalue weighted by atomic mass is 127. The van der Waals surface area contributed by atoms with E-state index in [0.717, 1.165) is 35.5 Å². The van der Waals surface area contributed by atoms with Gasteiger partial charge >= 0.3 is 6.18 Å². The Morgan fingerprint density at radius 1 is 1.17 bits per heavy atom. The summed E-state index contributed by atoms with van der Waals surface area (Å²) in [6, 6.07) is 6.39. The SMILES string of the molecule is CCNC(=NCc1nc(C(F)(F)F)cs1)N1CCN(c2ccc(F)cc2)CC1.I. The second-order valence-electron chi connectivity index (χ2n) is 6.24. The normalized spacial score (nSPS) is 15.3. The number of anilines is 1. The number of benzene rings is 1. The second kappa shape index (κ2) is 10.4. The van der Waals surface area contributed by atoms with Gasteiger partial charge in [0.2, 0.25) is 0 Å². The van der Waals surface area contributed by atoms with Crippen molar-refractivity contribution in [2.45, 2.75) is 19.6 Å². The number of guanidine groups is 1. The Bertz CT molecular complexity index is 801. The maximum Gasteiger partial charge on any atom is 0.434 e. The largest absolute Gasteiger partial charge is 0.434 e. The Morgan fingerprint density at radius 3 is 2.38 bits per heavy atom. The number of thiazole rings is 1. The highest BCUT2D eigenvalue weighted by Crippen LogP contribution is 2.30. The fourth-order valence-corrected chi connectivity index (χ4v) is 3.63. The second-order valence-corrected chi connectivity index (χ2v) is 7.19. The Kier molecular flexibility index (Phi) is 8.49. The van der Waals surface area contributed by atoms with Gasteiger partial charge in [-0.2, -0.15) is 13.2 Å². The Balaban J connectivity index is 0.00000300. The van der Waals surface area contributed by atoms with Gasteiger partial charge in [0.25, 0.3) is 0 Å². The number of alkyl halides is 3. The molecule has 2 heterocycles. The fourth-order valence-electron chi connectivity index (χ4n) is 2.91. The first-order chi connectivity index (χ1) is 13.4. The predicted molar refractivity (Wildman–Crippen MR) is 118 cm³/mol. The van der Waals surface area contributed by atoms with Gasteiger partial charge in [-0.3, -0.25) is 0 Å². The van der Waals surface area contributed by atoms with E-state index in [0.29, 0.717) is 30.6 Å². The van der Waals surface area contributed by atoms with Crippen molar-refractivity contribution >= 4 is 47.0 Å². The zero-order chi connectivity index (χ0) is 20.1. The first-order valence-corrected chi connectivity index (χ1v) is 9.80. The van der Waals surface area contributed by atoms with Crippen LogP contribution >= 0.6 is 35.3 Å². The maximum absolute atomic E-state index is 13.1. The van der Waals surface area contributed by atoms with Gasteiger partial charge in [-0.15, -0.1) is 35.3 Å². The van der Waals surface area contributed by atoms with Gasteiger partial charge in [-0.05, 0) is 31.2 Å². The molecule has 1 aliphatic rings. The van der Waals surface area contributed by atoms with Crippen LogP contribution in [0.15, 0.2) is 34.6 Å². The summed E-state index contributed by atoms with van der Waals surface area (Å²) in [4.78, 5) is 12.3. The lowest BCUT2D eigenvalue weighted by Crippen LogP contribution is -2.52. The van der Waals surface area contributed by atoms with E-state index in [1.54, 1.807) is 12.1 Å². The molecule has 1 aromatic carbocycles. The van der Waals surface area contributed by atoms with Gasteiger partial charge in [0.1, 0.15) is 10.8 Å². The van der Waals surface area contributed by atoms with Gasteiger partial charge in [0.15, 0.2) is 11.7 Å². The van der Waals surface area contributed by atoms with Crippen molar-refractivity contribution in [3.05, 3.63) is 46.2 Å². The number of hydrogen-bond donors (Lipinski definition) is 1. The third-order valence-electron chi connectivity index (χ3n) is 4.31. The summed E-state index contributed by atoms with van der Waals surface area (Å²) in [5.41, 5.74) is 0.0890. The number of rotatable bonds is 4. The number of halogens is 5. The average molecular weight is 543 g/mol. The molecule has 0 radical (unpaired) electrons. The van der Waals surface area contributed by atoms with E-state index in [2.05, 4.69) is 25.1 Å². The minimum absolute atomic E-state index is 0. The van der Waals surface area contributed by atoms with E-state index in [1.807, 2.05) is 6.92 Å². The first-order valence-electron chi connectivity index (χ1n) is 8.92. The van der Waals surface area contributed by atoms with Crippen molar-refractivity contribution in [2.75, 3.05) is 37.6 Å². The number of piperazine rings is 1. The molecular formula is C18H22F4IN5S. The van der Waals surface area contributed by atoms with Crippen LogP contribution in [0.1, 0.15) is 17.6 Å². The Morgan fingerprint density at radius 2 is 1.83 bits per heavy atom. The average Bonchev–Trinajstić information content (AvgIpc) is 3.15. The molecule has 1 saturated heterocycles. The summed E-state index contributed by atoms with van der Waals surface area (Å²) in [5, 5.41) is 4.52. The minimum atomic E-state index is -4.43. The Hall–Kier alpha value is -1.63. The van der Waals surface area contributed by atoms with E-state index < -0.39 is 11.9 Å². The summed E-state index contributed by atoms with van der Waals surface area (Å²) in [7, 11) is 0. The van der Waals surface area contributed by atoms with E-state index in [4.69, 9.17) is 0 Å². The van der Waals surface area contributed by atoms with E-state index in [9.17, 15) is 17.6 Å². The third kappa shape index (κ3) is 6.43. The van der Waals surface area contributed by atoms with Crippen LogP contribution in [-0.4, -0.2) is 48.6 Å². The van der Waals surface area contributed by atoms with Crippen molar-refractivity contribution in [2.24, 2.45) is 4.99 Å². The molecular weight excluding hydrogens is 521 g/mol. The first kappa shape index (κ1) is 23.6. The molecule has 0 bridgehead atoms. The molecule has 0 saturated carbocycles. The van der Waals surface area contributed by atoms with Crippen LogP contribution in [0.2, 0.25) is 0 Å². The standard InChI is InChI=1S/C18H21F4N5S.HI/c1-2-23-17(24-11-16-25-15(12-28-16)18(20,21)22)27-9-7-26(8-10-27)14-5-3-13(19)4-6-14;/h3-6,12H,2,7-11H2,1H3,(H,23,24);1H. The van der Waals surface area contributed by atoms with Crippen molar-refractivity contribution in [1.82, 2.24) is 15.2 Å². The molecule has 0 atom stereocenters. The molecule has 11 heteroatoms. The molecule has 2 aromatic rings. The lowest BCUT2D eigenvalue weighted by atomic mass is 10.2. The summed E-state index contributed by atoms with van der Waals surface area (Å²) in [5.74, 6) is 0.393. The molecule has 1 fully saturated rings. The molecule has 3 rings (SSSR count). The molecule has 1 N–H and O–H groups in total. The van der Waals surface area contributed by atoms with E-state index >= 15 is 0 Å². The molecule has 1 aliphatic heterocycles. The van der Waals surface area contributed by atoms with Crippen molar-refractivity contribution < 1.29 is 17.6 Å². The number of nitrogens with zero attached hydrogens (tertiary/aromatic N) is 4. The number of hydrogen-bond acceptors (Lipinski definition) is 4. The van der Waals surface area contributed by atoms with Crippen LogP contribution in [-0.2, 0) is 12.7 Å². The molecule has 0 unspecified atom stereocenters. The molecule has 1 aromatic heterocycles. The topological polar surface area (TPSA) is 43.8 Å². The smallest absolute Gasteiger partial charge is 0.368 e. The van der Waals surface area contributed by atoms with Crippen molar-refractivity contribution in [1.29, 1.82) is 0 Å². The molecule has 0 spiro atoms. The minimum Gasteiger partial charge on any atom is -0.368 e. The van der Waals surface area contributed by atoms with E-state index in [1.165, 1.54) is 12.1 Å². The number of aliphatic imine (C=N–C) groups is 1. The molecule has 0 aliphatic carbocycles. The van der Waals surface area contributed by atoms with Crippen LogP contribution in [0.4, 0.5) is 23.2 Å². The fraction of sp³-hybridized carbons (Fsp3) is 0.444. The zero-order valence-electron chi connectivity index (χ0n) is 15.7. The lowest BCUT2D eigenvalue weighted by molar-refractivity contribution is -0.140. The van der Waals surface area contributed by atoms with Crippen LogP contribution in [0, 0.1) is 5.82 Å². The maximum atomic E-state index is 13.1. The van der Waals surface area contributed by atoms with Crippen LogP contribution < -0.4 is 10.2 Å². The Labute approximate surface area is 187 Å². The highest BCUT2D eigenvalue weighted by Gasteiger charge is 2.33. The molecule has 29 heavy (non-hydrogen) atoms. The summed E-state index contributed by atoms with van der Waals surface area (Å²) in [6.07, 6.45) is -4.43. The van der Waals surface area contributed by atoms with Gasteiger partial charge in [-0.25, -0.2) is 14.4 Å². The quantitative estimate of drug-likeness (QED) is 0.272. The van der Waals surface area contributed by atoms with Crippen molar-refractivity contribution in [3.8, 4) is 0 Å². The predicted octanol–water partition coefficient (Wildman–Crippen LogP) is 4.21. The van der Waals surface area contributed by atoms with Crippen molar-refractivity contribution in [3.63, 3.8) is 0 Å². The molecule has 0 amide bonds. The van der Waals surface area contributed by atoms with Gasteiger partial charge in [-0.1, -0.05) is 0 Å². The molecule has 160 valence electrons. The molecule has 5 nitrogen and oxygen atoms in total. The van der Waals surface area contributed by atoms with E-state index in [-0.39, 0.29) is 36.3 Å². The van der Waals surface area contributed by atoms with Crippen LogP contribution in [0.25, 0.3) is 0 Å². The van der Waals surface area contributed by atoms with Gasteiger partial charge in [0, 0.05) is 43.8 Å². The lowest BCUT2D eigenvalue weighted by Gasteiger charge is -2.37. The summed E-state index contributed by atoms with van der Waals surface area (Å²) in [6.45, 7) is 5.58. The van der Waals surface area contributed by atoms with Gasteiger partial charge < -0.3 is 15.1 Å². The van der Waals surface area contributed by atoms with Crippen LogP contribution in [0.3, 0.4) is 0 Å². The summed E-state index contributed by atoms with van der Waals surface area (Å²) >= 11 is 0.959.